The van der Waals surface area contributed by atoms with Crippen LogP contribution >= 0.6 is 23.1 Å². The average Bonchev–Trinajstić information content (AvgIpc) is 3.10. The Morgan fingerprint density at radius 1 is 1.15 bits per heavy atom. The lowest BCUT2D eigenvalue weighted by atomic mass is 10.1. The van der Waals surface area contributed by atoms with E-state index in [2.05, 4.69) is 20.8 Å². The quantitative estimate of drug-likeness (QED) is 0.580. The van der Waals surface area contributed by atoms with Crippen molar-refractivity contribution in [2.45, 2.75) is 16.5 Å². The molecule has 0 radical (unpaired) electrons. The molecule has 3 rings (SSSR count). The molecule has 0 aliphatic rings. The second-order valence-electron chi connectivity index (χ2n) is 5.31. The molecule has 134 valence electrons. The van der Waals surface area contributed by atoms with Crippen molar-refractivity contribution >= 4 is 39.8 Å². The first-order valence-electron chi connectivity index (χ1n) is 8.01. The molecule has 1 heterocycles. The number of benzene rings is 2. The van der Waals surface area contributed by atoms with Gasteiger partial charge in [-0.25, -0.2) is 4.39 Å². The van der Waals surface area contributed by atoms with Gasteiger partial charge in [0.2, 0.25) is 11.0 Å². The molecule has 0 spiro atoms. The summed E-state index contributed by atoms with van der Waals surface area (Å²) in [5.41, 5.74) is 1.40. The number of carbonyl (C=O) groups excluding carboxylic acids is 1. The predicted octanol–water partition coefficient (Wildman–Crippen LogP) is 4.58. The minimum Gasteiger partial charge on any atom is -0.360 e. The van der Waals surface area contributed by atoms with Crippen LogP contribution in [0.5, 0.6) is 0 Å². The van der Waals surface area contributed by atoms with E-state index in [0.29, 0.717) is 10.0 Å². The van der Waals surface area contributed by atoms with Gasteiger partial charge in [0.25, 0.3) is 0 Å². The molecule has 0 saturated heterocycles. The fraction of sp³-hybridized carbons (Fsp3) is 0.167. The van der Waals surface area contributed by atoms with E-state index >= 15 is 0 Å². The number of rotatable bonds is 7. The fourth-order valence-corrected chi connectivity index (χ4v) is 4.23. The van der Waals surface area contributed by atoms with E-state index < -0.39 is 5.25 Å². The molecule has 3 aromatic rings. The highest BCUT2D eigenvalue weighted by Crippen LogP contribution is 2.38. The van der Waals surface area contributed by atoms with Crippen LogP contribution in [0.2, 0.25) is 0 Å². The lowest BCUT2D eigenvalue weighted by Crippen LogP contribution is -2.19. The highest BCUT2D eigenvalue weighted by Gasteiger charge is 2.24. The SMILES string of the molecule is CCNc1nnc(SC(C(=O)Nc2ccc(F)cc2)c2ccccc2)s1. The number of nitrogens with one attached hydrogen (secondary N) is 2. The Hall–Kier alpha value is -2.45. The summed E-state index contributed by atoms with van der Waals surface area (Å²) in [5.74, 6) is -0.546. The molecule has 26 heavy (non-hydrogen) atoms. The third kappa shape index (κ3) is 4.80. The van der Waals surface area contributed by atoms with Gasteiger partial charge in [-0.2, -0.15) is 0 Å². The van der Waals surface area contributed by atoms with Crippen molar-refractivity contribution in [2.24, 2.45) is 0 Å². The zero-order valence-electron chi connectivity index (χ0n) is 14.0. The average molecular weight is 388 g/mol. The van der Waals surface area contributed by atoms with Crippen LogP contribution in [0, 0.1) is 5.82 Å². The van der Waals surface area contributed by atoms with E-state index in [-0.39, 0.29) is 11.7 Å². The van der Waals surface area contributed by atoms with E-state index in [1.807, 2.05) is 37.3 Å². The lowest BCUT2D eigenvalue weighted by molar-refractivity contribution is -0.115. The zero-order chi connectivity index (χ0) is 18.4. The van der Waals surface area contributed by atoms with Crippen molar-refractivity contribution in [3.8, 4) is 0 Å². The van der Waals surface area contributed by atoms with Gasteiger partial charge in [0.15, 0.2) is 4.34 Å². The smallest absolute Gasteiger partial charge is 0.242 e. The van der Waals surface area contributed by atoms with E-state index in [9.17, 15) is 9.18 Å². The Kier molecular flexibility index (Phi) is 6.19. The van der Waals surface area contributed by atoms with Gasteiger partial charge < -0.3 is 10.6 Å². The largest absolute Gasteiger partial charge is 0.360 e. The summed E-state index contributed by atoms with van der Waals surface area (Å²) in [5, 5.41) is 14.4. The Labute approximate surface area is 159 Å². The summed E-state index contributed by atoms with van der Waals surface area (Å²) >= 11 is 2.74. The first-order chi connectivity index (χ1) is 12.7. The molecule has 1 aromatic heterocycles. The Morgan fingerprint density at radius 3 is 2.58 bits per heavy atom. The van der Waals surface area contributed by atoms with Crippen LogP contribution < -0.4 is 10.6 Å². The maximum Gasteiger partial charge on any atom is 0.242 e. The third-order valence-corrected chi connectivity index (χ3v) is 5.62. The molecular weight excluding hydrogens is 371 g/mol. The topological polar surface area (TPSA) is 66.9 Å². The molecule has 1 atom stereocenters. The fourth-order valence-electron chi connectivity index (χ4n) is 2.22. The van der Waals surface area contributed by atoms with Crippen LogP contribution in [0.15, 0.2) is 58.9 Å². The maximum atomic E-state index is 13.1. The monoisotopic (exact) mass is 388 g/mol. The van der Waals surface area contributed by atoms with E-state index in [0.717, 1.165) is 17.2 Å². The van der Waals surface area contributed by atoms with Gasteiger partial charge in [-0.05, 0) is 36.8 Å². The second kappa shape index (κ2) is 8.77. The number of aromatic nitrogens is 2. The normalized spacial score (nSPS) is 11.8. The zero-order valence-corrected chi connectivity index (χ0v) is 15.6. The molecule has 5 nitrogen and oxygen atoms in total. The van der Waals surface area contributed by atoms with Crippen LogP contribution in [-0.4, -0.2) is 22.6 Å². The van der Waals surface area contributed by atoms with Crippen molar-refractivity contribution in [2.75, 3.05) is 17.2 Å². The van der Waals surface area contributed by atoms with Crippen molar-refractivity contribution in [1.82, 2.24) is 10.2 Å². The first kappa shape index (κ1) is 18.3. The minimum absolute atomic E-state index is 0.201. The molecule has 0 aliphatic heterocycles. The number of thioether (sulfide) groups is 1. The van der Waals surface area contributed by atoms with Crippen molar-refractivity contribution in [1.29, 1.82) is 0 Å². The van der Waals surface area contributed by atoms with Gasteiger partial charge in [0, 0.05) is 12.2 Å². The second-order valence-corrected chi connectivity index (χ2v) is 7.64. The van der Waals surface area contributed by atoms with E-state index in [1.54, 1.807) is 0 Å². The number of carbonyl (C=O) groups is 1. The third-order valence-electron chi connectivity index (χ3n) is 3.41. The van der Waals surface area contributed by atoms with Crippen LogP contribution in [0.4, 0.5) is 15.2 Å². The molecule has 1 unspecified atom stereocenters. The molecule has 0 bridgehead atoms. The van der Waals surface area contributed by atoms with E-state index in [1.165, 1.54) is 47.4 Å². The first-order valence-corrected chi connectivity index (χ1v) is 9.70. The Bertz CT molecular complexity index is 855. The van der Waals surface area contributed by atoms with Crippen LogP contribution in [-0.2, 0) is 4.79 Å². The number of nitrogens with zero attached hydrogens (tertiary/aromatic N) is 2. The number of hydrogen-bond donors (Lipinski definition) is 2. The molecule has 0 saturated carbocycles. The predicted molar refractivity (Wildman–Crippen MR) is 104 cm³/mol. The summed E-state index contributed by atoms with van der Waals surface area (Å²) in [6.45, 7) is 2.74. The lowest BCUT2D eigenvalue weighted by Gasteiger charge is -2.15. The highest BCUT2D eigenvalue weighted by atomic mass is 32.2. The van der Waals surface area contributed by atoms with Gasteiger partial charge in [-0.1, -0.05) is 53.4 Å². The van der Waals surface area contributed by atoms with Crippen LogP contribution in [0.1, 0.15) is 17.7 Å². The number of halogens is 1. The summed E-state index contributed by atoms with van der Waals surface area (Å²) in [4.78, 5) is 12.9. The molecule has 2 N–H and O–H groups in total. The van der Waals surface area contributed by atoms with Crippen molar-refractivity contribution in [3.63, 3.8) is 0 Å². The molecule has 8 heteroatoms. The molecule has 2 aromatic carbocycles. The molecule has 0 aliphatic carbocycles. The minimum atomic E-state index is -0.497. The van der Waals surface area contributed by atoms with E-state index in [4.69, 9.17) is 0 Å². The van der Waals surface area contributed by atoms with Crippen molar-refractivity contribution in [3.05, 3.63) is 66.0 Å². The highest BCUT2D eigenvalue weighted by molar-refractivity contribution is 8.02. The number of hydrogen-bond acceptors (Lipinski definition) is 6. The maximum absolute atomic E-state index is 13.1. The summed E-state index contributed by atoms with van der Waals surface area (Å²) in [6, 6.07) is 15.2. The molecule has 1 amide bonds. The van der Waals surface area contributed by atoms with Gasteiger partial charge in [0.1, 0.15) is 11.1 Å². The number of anilines is 2. The summed E-state index contributed by atoms with van der Waals surface area (Å²) < 4.78 is 13.8. The van der Waals surface area contributed by atoms with Crippen LogP contribution in [0.3, 0.4) is 0 Å². The number of amides is 1. The van der Waals surface area contributed by atoms with Gasteiger partial charge in [-0.3, -0.25) is 4.79 Å². The van der Waals surface area contributed by atoms with Gasteiger partial charge >= 0.3 is 0 Å². The summed E-state index contributed by atoms with van der Waals surface area (Å²) in [6.07, 6.45) is 0. The van der Waals surface area contributed by atoms with Crippen molar-refractivity contribution < 1.29 is 9.18 Å². The summed E-state index contributed by atoms with van der Waals surface area (Å²) in [7, 11) is 0. The van der Waals surface area contributed by atoms with Gasteiger partial charge in [0.05, 0.1) is 0 Å². The standard InChI is InChI=1S/C18H17FN4OS2/c1-2-20-17-22-23-18(26-17)25-15(12-6-4-3-5-7-12)16(24)21-14-10-8-13(19)9-11-14/h3-11,15H,2H2,1H3,(H,20,22)(H,21,24). The Balaban J connectivity index is 1.80. The van der Waals surface area contributed by atoms with Crippen LogP contribution in [0.25, 0.3) is 0 Å². The Morgan fingerprint density at radius 2 is 1.88 bits per heavy atom. The van der Waals surface area contributed by atoms with Gasteiger partial charge in [-0.15, -0.1) is 10.2 Å². The molecule has 0 fully saturated rings. The molecular formula is C18H17FN4OS2.